The molecule has 2 aromatic carbocycles. The van der Waals surface area contributed by atoms with Crippen LogP contribution in [0.2, 0.25) is 5.02 Å². The summed E-state index contributed by atoms with van der Waals surface area (Å²) in [6.07, 6.45) is 1.74. The number of rotatable bonds is 6. The highest BCUT2D eigenvalue weighted by atomic mass is 35.5. The monoisotopic (exact) mass is 447 g/mol. The average molecular weight is 448 g/mol. The van der Waals surface area contributed by atoms with E-state index in [0.717, 1.165) is 22.9 Å². The maximum Gasteiger partial charge on any atom is 0.328 e. The van der Waals surface area contributed by atoms with Gasteiger partial charge in [-0.2, -0.15) is 0 Å². The molecule has 1 aliphatic rings. The molecule has 1 amide bonds. The van der Waals surface area contributed by atoms with Gasteiger partial charge in [0.15, 0.2) is 0 Å². The Hall–Kier alpha value is -2.35. The fourth-order valence-electron chi connectivity index (χ4n) is 2.68. The van der Waals surface area contributed by atoms with Crippen LogP contribution in [-0.4, -0.2) is 34.2 Å². The van der Waals surface area contributed by atoms with Crippen LogP contribution >= 0.6 is 35.6 Å². The molecule has 1 atom stereocenters. The molecule has 0 radical (unpaired) electrons. The first kappa shape index (κ1) is 21.4. The second-order valence-corrected chi connectivity index (χ2v) is 8.28. The minimum absolute atomic E-state index is 0.308. The summed E-state index contributed by atoms with van der Waals surface area (Å²) >= 11 is 12.6. The van der Waals surface area contributed by atoms with E-state index in [2.05, 4.69) is 0 Å². The smallest absolute Gasteiger partial charge is 0.328 e. The fourth-order valence-corrected chi connectivity index (χ4v) is 4.29. The zero-order valence-corrected chi connectivity index (χ0v) is 18.1. The Bertz CT molecular complexity index is 975. The number of carbonyl (C=O) groups excluding carboxylic acids is 2. The standard InChI is InChI=1S/C21H18ClNO4S2/c1-13(20(25)26-2)23-19(24)18(29-21(23)28)11-14-7-9-16(10-8-14)27-12-15-5-3-4-6-17(15)22/h3-11,13H,12H2,1-2H3/b18-11-/t13-/m1/s1. The number of amides is 1. The van der Waals surface area contributed by atoms with Gasteiger partial charge in [-0.1, -0.05) is 65.9 Å². The number of hydrogen-bond acceptors (Lipinski definition) is 6. The summed E-state index contributed by atoms with van der Waals surface area (Å²) in [6.45, 7) is 1.95. The lowest BCUT2D eigenvalue weighted by Gasteiger charge is -2.20. The number of ether oxygens (including phenoxy) is 2. The SMILES string of the molecule is COC(=O)[C@@H](C)N1C(=O)/C(=C/c2ccc(OCc3ccccc3Cl)cc2)SC1=S. The third-order valence-electron chi connectivity index (χ3n) is 4.28. The Balaban J connectivity index is 1.68. The molecule has 1 aliphatic heterocycles. The molecule has 5 nitrogen and oxygen atoms in total. The van der Waals surface area contributed by atoms with Gasteiger partial charge in [-0.05, 0) is 36.8 Å². The second-order valence-electron chi connectivity index (χ2n) is 6.20. The van der Waals surface area contributed by atoms with E-state index >= 15 is 0 Å². The molecule has 0 aliphatic carbocycles. The van der Waals surface area contributed by atoms with E-state index in [1.165, 1.54) is 12.0 Å². The first-order valence-electron chi connectivity index (χ1n) is 8.72. The quantitative estimate of drug-likeness (QED) is 0.364. The molecule has 0 bridgehead atoms. The summed E-state index contributed by atoms with van der Waals surface area (Å²) in [5.41, 5.74) is 1.72. The Kier molecular flexibility index (Phi) is 6.95. The van der Waals surface area contributed by atoms with Crippen LogP contribution in [0.25, 0.3) is 6.08 Å². The first-order chi connectivity index (χ1) is 13.9. The van der Waals surface area contributed by atoms with Crippen LogP contribution in [0.3, 0.4) is 0 Å². The molecule has 8 heteroatoms. The van der Waals surface area contributed by atoms with Crippen molar-refractivity contribution < 1.29 is 19.1 Å². The van der Waals surface area contributed by atoms with Crippen molar-refractivity contribution in [2.45, 2.75) is 19.6 Å². The third kappa shape index (κ3) is 4.98. The largest absolute Gasteiger partial charge is 0.489 e. The number of nitrogens with zero attached hydrogens (tertiary/aromatic N) is 1. The van der Waals surface area contributed by atoms with E-state index in [-0.39, 0.29) is 5.91 Å². The van der Waals surface area contributed by atoms with Gasteiger partial charge in [-0.15, -0.1) is 0 Å². The predicted molar refractivity (Wildman–Crippen MR) is 119 cm³/mol. The highest BCUT2D eigenvalue weighted by Crippen LogP contribution is 2.34. The normalized spacial score (nSPS) is 16.2. The minimum Gasteiger partial charge on any atom is -0.489 e. The molecule has 0 N–H and O–H groups in total. The first-order valence-corrected chi connectivity index (χ1v) is 10.3. The molecule has 1 saturated heterocycles. The van der Waals surface area contributed by atoms with Gasteiger partial charge in [-0.3, -0.25) is 9.69 Å². The van der Waals surface area contributed by atoms with Crippen molar-refractivity contribution in [1.82, 2.24) is 4.90 Å². The van der Waals surface area contributed by atoms with E-state index < -0.39 is 12.0 Å². The van der Waals surface area contributed by atoms with E-state index in [1.807, 2.05) is 48.5 Å². The van der Waals surface area contributed by atoms with Crippen LogP contribution in [0.1, 0.15) is 18.1 Å². The summed E-state index contributed by atoms with van der Waals surface area (Å²) in [5.74, 6) is -0.131. The molecule has 150 valence electrons. The summed E-state index contributed by atoms with van der Waals surface area (Å²) in [5, 5.41) is 0.660. The highest BCUT2D eigenvalue weighted by molar-refractivity contribution is 8.26. The van der Waals surface area contributed by atoms with E-state index in [9.17, 15) is 9.59 Å². The van der Waals surface area contributed by atoms with Crippen LogP contribution < -0.4 is 4.74 Å². The molecule has 3 rings (SSSR count). The minimum atomic E-state index is -0.765. The highest BCUT2D eigenvalue weighted by Gasteiger charge is 2.38. The molecule has 1 heterocycles. The van der Waals surface area contributed by atoms with Crippen molar-refractivity contribution >= 4 is 57.9 Å². The molecule has 29 heavy (non-hydrogen) atoms. The Morgan fingerprint density at radius 3 is 2.59 bits per heavy atom. The molecule has 1 fully saturated rings. The van der Waals surface area contributed by atoms with Crippen molar-refractivity contribution in [3.8, 4) is 5.75 Å². The van der Waals surface area contributed by atoms with Crippen LogP contribution in [0.15, 0.2) is 53.4 Å². The second kappa shape index (κ2) is 9.43. The number of thiocarbonyl (C=S) groups is 1. The summed E-state index contributed by atoms with van der Waals surface area (Å²) in [7, 11) is 1.28. The number of methoxy groups -OCH3 is 1. The summed E-state index contributed by atoms with van der Waals surface area (Å²) in [4.78, 5) is 26.1. The number of carbonyl (C=O) groups is 2. The van der Waals surface area contributed by atoms with Gasteiger partial charge in [0, 0.05) is 10.6 Å². The van der Waals surface area contributed by atoms with Crippen molar-refractivity contribution in [3.05, 3.63) is 69.6 Å². The number of halogens is 1. The molecular weight excluding hydrogens is 430 g/mol. The number of thioether (sulfide) groups is 1. The maximum atomic E-state index is 12.6. The molecular formula is C21H18ClNO4S2. The van der Waals surface area contributed by atoms with Crippen molar-refractivity contribution in [3.63, 3.8) is 0 Å². The lowest BCUT2D eigenvalue weighted by molar-refractivity contribution is -0.147. The van der Waals surface area contributed by atoms with E-state index in [1.54, 1.807) is 13.0 Å². The zero-order chi connectivity index (χ0) is 21.0. The van der Waals surface area contributed by atoms with Gasteiger partial charge >= 0.3 is 5.97 Å². The number of benzene rings is 2. The fraction of sp³-hybridized carbons (Fsp3) is 0.190. The van der Waals surface area contributed by atoms with Crippen LogP contribution in [0, 0.1) is 0 Å². The summed E-state index contributed by atoms with van der Waals surface area (Å²) < 4.78 is 10.8. The van der Waals surface area contributed by atoms with Crippen LogP contribution in [0.4, 0.5) is 0 Å². The number of hydrogen-bond donors (Lipinski definition) is 0. The van der Waals surface area contributed by atoms with Crippen LogP contribution in [-0.2, 0) is 20.9 Å². The van der Waals surface area contributed by atoms with Gasteiger partial charge in [0.05, 0.1) is 12.0 Å². The van der Waals surface area contributed by atoms with Gasteiger partial charge in [0.2, 0.25) is 0 Å². The summed E-state index contributed by atoms with van der Waals surface area (Å²) in [6, 6.07) is 14.1. The van der Waals surface area contributed by atoms with Gasteiger partial charge in [0.25, 0.3) is 5.91 Å². The van der Waals surface area contributed by atoms with Crippen molar-refractivity contribution in [2.75, 3.05) is 7.11 Å². The van der Waals surface area contributed by atoms with E-state index in [4.69, 9.17) is 33.3 Å². The molecule has 0 saturated carbocycles. The molecule has 2 aromatic rings. The lowest BCUT2D eigenvalue weighted by Crippen LogP contribution is -2.42. The topological polar surface area (TPSA) is 55.8 Å². The molecule has 0 unspecified atom stereocenters. The Labute approximate surface area is 183 Å². The Morgan fingerprint density at radius 1 is 1.24 bits per heavy atom. The van der Waals surface area contributed by atoms with E-state index in [0.29, 0.717) is 26.6 Å². The van der Waals surface area contributed by atoms with Gasteiger partial charge in [0.1, 0.15) is 22.7 Å². The van der Waals surface area contributed by atoms with Crippen molar-refractivity contribution in [1.29, 1.82) is 0 Å². The number of esters is 1. The average Bonchev–Trinajstić information content (AvgIpc) is 3.00. The third-order valence-corrected chi connectivity index (χ3v) is 5.98. The predicted octanol–water partition coefficient (Wildman–Crippen LogP) is 4.68. The van der Waals surface area contributed by atoms with Crippen LogP contribution in [0.5, 0.6) is 5.75 Å². The Morgan fingerprint density at radius 2 is 1.93 bits per heavy atom. The van der Waals surface area contributed by atoms with Crippen molar-refractivity contribution in [2.24, 2.45) is 0 Å². The zero-order valence-electron chi connectivity index (χ0n) is 15.8. The molecule has 0 aromatic heterocycles. The maximum absolute atomic E-state index is 12.6. The molecule has 0 spiro atoms. The lowest BCUT2D eigenvalue weighted by atomic mass is 10.2. The van der Waals surface area contributed by atoms with Gasteiger partial charge in [-0.25, -0.2) is 4.79 Å². The van der Waals surface area contributed by atoms with Gasteiger partial charge < -0.3 is 9.47 Å².